The molecular weight excluding hydrogens is 249 g/mol. The molecule has 2 rings (SSSR count). The summed E-state index contributed by atoms with van der Waals surface area (Å²) in [6.45, 7) is 1.95. The topological polar surface area (TPSA) is 37.0 Å². The van der Waals surface area contributed by atoms with E-state index in [9.17, 15) is 4.39 Å². The summed E-state index contributed by atoms with van der Waals surface area (Å²) in [6, 6.07) is 10.1. The van der Waals surface area contributed by atoms with Gasteiger partial charge in [0, 0.05) is 6.20 Å². The van der Waals surface area contributed by atoms with E-state index in [1.54, 1.807) is 24.4 Å². The highest BCUT2D eigenvalue weighted by Crippen LogP contribution is 2.13. The molecule has 18 heavy (non-hydrogen) atoms. The Bertz CT molecular complexity index is 554. The molecule has 5 heteroatoms. The Labute approximate surface area is 110 Å². The van der Waals surface area contributed by atoms with Crippen LogP contribution in [0.4, 0.5) is 15.9 Å². The van der Waals surface area contributed by atoms with Crippen molar-refractivity contribution in [3.8, 4) is 0 Å². The number of halogens is 1. The molecule has 2 aromatic rings. The molecule has 1 heterocycles. The molecule has 0 unspecified atom stereocenters. The highest BCUT2D eigenvalue weighted by molar-refractivity contribution is 7.80. The minimum Gasteiger partial charge on any atom is -0.330 e. The molecule has 0 radical (unpaired) electrons. The number of thiocarbonyl (C=S) groups is 1. The normalized spacial score (nSPS) is 9.89. The third-order valence-electron chi connectivity index (χ3n) is 2.28. The Balaban J connectivity index is 2.01. The molecule has 1 aromatic carbocycles. The molecule has 0 aliphatic heterocycles. The zero-order chi connectivity index (χ0) is 13.0. The predicted molar refractivity (Wildman–Crippen MR) is 75.2 cm³/mol. The Morgan fingerprint density at radius 1 is 1.17 bits per heavy atom. The number of rotatable bonds is 2. The molecular formula is C13H12FN3S. The van der Waals surface area contributed by atoms with Crippen LogP contribution in [0, 0.1) is 12.7 Å². The first kappa shape index (κ1) is 12.4. The second kappa shape index (κ2) is 5.55. The quantitative estimate of drug-likeness (QED) is 0.813. The van der Waals surface area contributed by atoms with Gasteiger partial charge in [-0.3, -0.25) is 0 Å². The Morgan fingerprint density at radius 2 is 1.94 bits per heavy atom. The second-order valence-corrected chi connectivity index (χ2v) is 4.19. The lowest BCUT2D eigenvalue weighted by molar-refractivity contribution is 0.632. The summed E-state index contributed by atoms with van der Waals surface area (Å²) < 4.78 is 13.4. The summed E-state index contributed by atoms with van der Waals surface area (Å²) in [6.07, 6.45) is 1.73. The summed E-state index contributed by atoms with van der Waals surface area (Å²) in [4.78, 5) is 4.15. The summed E-state index contributed by atoms with van der Waals surface area (Å²) in [5.74, 6) is 0.271. The van der Waals surface area contributed by atoms with Gasteiger partial charge in [-0.1, -0.05) is 18.2 Å². The van der Waals surface area contributed by atoms with E-state index in [2.05, 4.69) is 15.6 Å². The van der Waals surface area contributed by atoms with E-state index in [1.807, 2.05) is 19.1 Å². The number of aryl methyl sites for hydroxylation is 1. The molecule has 0 spiro atoms. The lowest BCUT2D eigenvalue weighted by Gasteiger charge is -2.10. The lowest BCUT2D eigenvalue weighted by Crippen LogP contribution is -2.20. The van der Waals surface area contributed by atoms with Crippen LogP contribution in [0.5, 0.6) is 0 Å². The largest absolute Gasteiger partial charge is 0.330 e. The average molecular weight is 261 g/mol. The average Bonchev–Trinajstić information content (AvgIpc) is 2.35. The molecule has 92 valence electrons. The Kier molecular flexibility index (Phi) is 3.84. The zero-order valence-corrected chi connectivity index (χ0v) is 10.6. The van der Waals surface area contributed by atoms with Gasteiger partial charge in [-0.15, -0.1) is 0 Å². The van der Waals surface area contributed by atoms with Crippen LogP contribution in [0.15, 0.2) is 42.6 Å². The van der Waals surface area contributed by atoms with Crippen molar-refractivity contribution in [1.82, 2.24) is 4.98 Å². The number of benzene rings is 1. The van der Waals surface area contributed by atoms with Crippen molar-refractivity contribution < 1.29 is 4.39 Å². The Morgan fingerprint density at radius 3 is 2.61 bits per heavy atom. The summed E-state index contributed by atoms with van der Waals surface area (Å²) in [7, 11) is 0. The molecule has 0 saturated heterocycles. The fourth-order valence-corrected chi connectivity index (χ4v) is 1.59. The van der Waals surface area contributed by atoms with Crippen molar-refractivity contribution in [1.29, 1.82) is 0 Å². The van der Waals surface area contributed by atoms with Crippen LogP contribution in [0.2, 0.25) is 0 Å². The number of para-hydroxylation sites is 1. The molecule has 1 aromatic heterocycles. The van der Waals surface area contributed by atoms with Gasteiger partial charge in [0.05, 0.1) is 5.69 Å². The molecule has 0 aliphatic carbocycles. The summed E-state index contributed by atoms with van der Waals surface area (Å²) in [5.41, 5.74) is 1.40. The maximum Gasteiger partial charge on any atom is 0.176 e. The van der Waals surface area contributed by atoms with Gasteiger partial charge in [-0.25, -0.2) is 9.37 Å². The van der Waals surface area contributed by atoms with Gasteiger partial charge < -0.3 is 10.6 Å². The number of anilines is 2. The molecule has 2 N–H and O–H groups in total. The number of hydrogen-bond donors (Lipinski definition) is 2. The number of hydrogen-bond acceptors (Lipinski definition) is 2. The van der Waals surface area contributed by atoms with Crippen LogP contribution in [0.3, 0.4) is 0 Å². The van der Waals surface area contributed by atoms with Crippen LogP contribution in [0.1, 0.15) is 5.56 Å². The monoisotopic (exact) mass is 261 g/mol. The zero-order valence-electron chi connectivity index (χ0n) is 9.77. The third kappa shape index (κ3) is 3.24. The van der Waals surface area contributed by atoms with E-state index in [4.69, 9.17) is 12.2 Å². The maximum atomic E-state index is 13.4. The lowest BCUT2D eigenvalue weighted by atomic mass is 10.3. The van der Waals surface area contributed by atoms with Crippen molar-refractivity contribution in [3.63, 3.8) is 0 Å². The number of nitrogens with zero attached hydrogens (tertiary/aromatic N) is 1. The molecule has 3 nitrogen and oxygen atoms in total. The number of pyridine rings is 1. The second-order valence-electron chi connectivity index (χ2n) is 3.78. The summed E-state index contributed by atoms with van der Waals surface area (Å²) >= 11 is 5.08. The minimum atomic E-state index is -0.349. The van der Waals surface area contributed by atoms with Gasteiger partial charge in [0.15, 0.2) is 5.11 Å². The van der Waals surface area contributed by atoms with Gasteiger partial charge in [-0.2, -0.15) is 0 Å². The van der Waals surface area contributed by atoms with Gasteiger partial charge in [0.1, 0.15) is 11.6 Å². The standard InChI is InChI=1S/C13H12FN3S/c1-9-6-7-12(15-8-9)17-13(18)16-11-5-3-2-4-10(11)14/h2-8H,1H3,(H2,15,16,17,18). The fourth-order valence-electron chi connectivity index (χ4n) is 1.37. The first-order chi connectivity index (χ1) is 8.65. The van der Waals surface area contributed by atoms with Crippen LogP contribution in [-0.2, 0) is 0 Å². The van der Waals surface area contributed by atoms with Crippen LogP contribution < -0.4 is 10.6 Å². The van der Waals surface area contributed by atoms with Crippen LogP contribution in [0.25, 0.3) is 0 Å². The first-order valence-electron chi connectivity index (χ1n) is 5.40. The van der Waals surface area contributed by atoms with E-state index in [0.717, 1.165) is 5.56 Å². The predicted octanol–water partition coefficient (Wildman–Crippen LogP) is 3.34. The van der Waals surface area contributed by atoms with E-state index < -0.39 is 0 Å². The van der Waals surface area contributed by atoms with Gasteiger partial charge in [0.2, 0.25) is 0 Å². The van der Waals surface area contributed by atoms with E-state index in [0.29, 0.717) is 16.6 Å². The summed E-state index contributed by atoms with van der Waals surface area (Å²) in [5, 5.41) is 5.97. The maximum absolute atomic E-state index is 13.4. The van der Waals surface area contributed by atoms with E-state index in [1.165, 1.54) is 6.07 Å². The van der Waals surface area contributed by atoms with Crippen molar-refractivity contribution in [2.24, 2.45) is 0 Å². The highest BCUT2D eigenvalue weighted by atomic mass is 32.1. The van der Waals surface area contributed by atoms with Gasteiger partial charge in [0.25, 0.3) is 0 Å². The van der Waals surface area contributed by atoms with Crippen LogP contribution in [-0.4, -0.2) is 10.1 Å². The molecule has 0 bridgehead atoms. The molecule has 0 aliphatic rings. The van der Waals surface area contributed by atoms with Crippen molar-refractivity contribution in [3.05, 3.63) is 54.0 Å². The molecule has 0 saturated carbocycles. The van der Waals surface area contributed by atoms with Crippen LogP contribution >= 0.6 is 12.2 Å². The SMILES string of the molecule is Cc1ccc(NC(=S)Nc2ccccc2F)nc1. The van der Waals surface area contributed by atoms with E-state index >= 15 is 0 Å². The fraction of sp³-hybridized carbons (Fsp3) is 0.0769. The molecule has 0 fully saturated rings. The molecule has 0 atom stereocenters. The number of nitrogens with one attached hydrogen (secondary N) is 2. The van der Waals surface area contributed by atoms with Crippen molar-refractivity contribution in [2.75, 3.05) is 10.6 Å². The third-order valence-corrected chi connectivity index (χ3v) is 2.48. The first-order valence-corrected chi connectivity index (χ1v) is 5.81. The number of aromatic nitrogens is 1. The Hall–Kier alpha value is -2.01. The van der Waals surface area contributed by atoms with Crippen molar-refractivity contribution >= 4 is 28.8 Å². The minimum absolute atomic E-state index is 0.302. The van der Waals surface area contributed by atoms with Gasteiger partial charge in [-0.05, 0) is 42.9 Å². The smallest absolute Gasteiger partial charge is 0.176 e. The molecule has 0 amide bonds. The van der Waals surface area contributed by atoms with E-state index in [-0.39, 0.29) is 5.82 Å². The van der Waals surface area contributed by atoms with Gasteiger partial charge >= 0.3 is 0 Å². The van der Waals surface area contributed by atoms with Crippen molar-refractivity contribution in [2.45, 2.75) is 6.92 Å². The highest BCUT2D eigenvalue weighted by Gasteiger charge is 2.03.